The molecule has 96 valence electrons. The smallest absolute Gasteiger partial charge is 0.217 e. The van der Waals surface area contributed by atoms with Gasteiger partial charge in [-0.15, -0.1) is 0 Å². The monoisotopic (exact) mass is 242 g/mol. The first-order valence-corrected chi connectivity index (χ1v) is 5.27. The van der Waals surface area contributed by atoms with Crippen LogP contribution in [0.4, 0.5) is 0 Å². The Hall–Kier alpha value is -1.21. The summed E-state index contributed by atoms with van der Waals surface area (Å²) in [4.78, 5) is 4.03. The number of methoxy groups -OCH3 is 1. The fourth-order valence-corrected chi connectivity index (χ4v) is 1.34. The lowest BCUT2D eigenvalue weighted by Gasteiger charge is -2.29. The van der Waals surface area contributed by atoms with Gasteiger partial charge in [0, 0.05) is 18.3 Å². The van der Waals surface area contributed by atoms with Gasteiger partial charge in [-0.25, -0.2) is 4.98 Å². The van der Waals surface area contributed by atoms with Crippen molar-refractivity contribution in [1.29, 1.82) is 0 Å². The van der Waals surface area contributed by atoms with Crippen LogP contribution in [-0.4, -0.2) is 52.8 Å². The van der Waals surface area contributed by atoms with Crippen molar-refractivity contribution in [3.05, 3.63) is 23.9 Å². The number of aliphatic hydroxyl groups excluding tert-OH is 3. The highest BCUT2D eigenvalue weighted by molar-refractivity contribution is 5.25. The van der Waals surface area contributed by atoms with E-state index in [0.29, 0.717) is 12.4 Å². The molecule has 0 atom stereocenters. The van der Waals surface area contributed by atoms with Gasteiger partial charge in [0.1, 0.15) is 0 Å². The Kier molecular flexibility index (Phi) is 5.30. The molecule has 0 unspecified atom stereocenters. The zero-order chi connectivity index (χ0) is 12.7. The summed E-state index contributed by atoms with van der Waals surface area (Å²) in [5.41, 5.74) is -0.310. The fraction of sp³-hybridized carbons (Fsp3) is 0.545. The van der Waals surface area contributed by atoms with Gasteiger partial charge in [-0.3, -0.25) is 0 Å². The topological polar surface area (TPSA) is 94.8 Å². The minimum atomic E-state index is -1.10. The Morgan fingerprint density at radius 1 is 1.29 bits per heavy atom. The number of ether oxygens (including phenoxy) is 1. The van der Waals surface area contributed by atoms with Gasteiger partial charge in [-0.2, -0.15) is 0 Å². The highest BCUT2D eigenvalue weighted by atomic mass is 16.5. The molecule has 0 aliphatic rings. The van der Waals surface area contributed by atoms with E-state index in [4.69, 9.17) is 20.1 Å². The van der Waals surface area contributed by atoms with Crippen LogP contribution in [0, 0.1) is 0 Å². The predicted octanol–water partition coefficient (Wildman–Crippen LogP) is -1.10. The summed E-state index contributed by atoms with van der Waals surface area (Å²) < 4.78 is 5.07. The highest BCUT2D eigenvalue weighted by Gasteiger charge is 2.27. The van der Waals surface area contributed by atoms with Crippen molar-refractivity contribution in [1.82, 2.24) is 10.3 Å². The molecule has 0 saturated heterocycles. The van der Waals surface area contributed by atoms with Crippen LogP contribution >= 0.6 is 0 Å². The third kappa shape index (κ3) is 3.37. The zero-order valence-corrected chi connectivity index (χ0v) is 9.76. The maximum absolute atomic E-state index is 9.15. The summed E-state index contributed by atoms with van der Waals surface area (Å²) in [6.07, 6.45) is 1.61. The Morgan fingerprint density at radius 2 is 1.94 bits per heavy atom. The van der Waals surface area contributed by atoms with Crippen LogP contribution in [-0.2, 0) is 6.54 Å². The quantitative estimate of drug-likeness (QED) is 0.484. The van der Waals surface area contributed by atoms with Crippen LogP contribution in [0.3, 0.4) is 0 Å². The van der Waals surface area contributed by atoms with E-state index in [2.05, 4.69) is 10.3 Å². The summed E-state index contributed by atoms with van der Waals surface area (Å²) >= 11 is 0. The van der Waals surface area contributed by atoms with Crippen molar-refractivity contribution in [2.45, 2.75) is 12.1 Å². The van der Waals surface area contributed by atoms with E-state index in [1.807, 2.05) is 6.07 Å². The summed E-state index contributed by atoms with van der Waals surface area (Å²) in [6.45, 7) is -0.744. The first-order chi connectivity index (χ1) is 8.21. The van der Waals surface area contributed by atoms with E-state index < -0.39 is 5.54 Å². The summed E-state index contributed by atoms with van der Waals surface area (Å²) in [7, 11) is 1.52. The lowest BCUT2D eigenvalue weighted by atomic mass is 10.0. The Bertz CT molecular complexity index is 334. The van der Waals surface area contributed by atoms with Gasteiger partial charge in [0.2, 0.25) is 5.88 Å². The molecule has 4 N–H and O–H groups in total. The molecule has 1 aromatic heterocycles. The van der Waals surface area contributed by atoms with Gasteiger partial charge < -0.3 is 25.4 Å². The van der Waals surface area contributed by atoms with Crippen LogP contribution in [0.2, 0.25) is 0 Å². The maximum Gasteiger partial charge on any atom is 0.217 e. The number of nitrogens with one attached hydrogen (secondary N) is 1. The molecule has 0 aliphatic carbocycles. The molecule has 0 fully saturated rings. The zero-order valence-electron chi connectivity index (χ0n) is 9.76. The van der Waals surface area contributed by atoms with E-state index in [9.17, 15) is 0 Å². The van der Waals surface area contributed by atoms with Crippen molar-refractivity contribution in [2.75, 3.05) is 26.9 Å². The summed E-state index contributed by atoms with van der Waals surface area (Å²) in [5.74, 6) is 0.475. The van der Waals surface area contributed by atoms with Crippen LogP contribution in [0.1, 0.15) is 5.56 Å². The number of rotatable bonds is 7. The number of aliphatic hydroxyl groups is 3. The molecule has 0 aliphatic heterocycles. The fourth-order valence-electron chi connectivity index (χ4n) is 1.34. The number of aromatic nitrogens is 1. The molecular formula is C11H18N2O4. The van der Waals surface area contributed by atoms with E-state index in [-0.39, 0.29) is 19.8 Å². The molecule has 0 spiro atoms. The molecule has 0 aromatic carbocycles. The van der Waals surface area contributed by atoms with Gasteiger partial charge >= 0.3 is 0 Å². The standard InChI is InChI=1S/C11H18N2O4/c1-17-10-9(3-2-4-12-10)5-13-11(6-14,7-15)8-16/h2-4,13-16H,5-8H2,1H3. The average molecular weight is 242 g/mol. The number of hydrogen-bond donors (Lipinski definition) is 4. The van der Waals surface area contributed by atoms with E-state index in [1.165, 1.54) is 7.11 Å². The molecule has 1 heterocycles. The van der Waals surface area contributed by atoms with Crippen LogP contribution < -0.4 is 10.1 Å². The van der Waals surface area contributed by atoms with Gasteiger partial charge in [0.15, 0.2) is 0 Å². The molecule has 1 rings (SSSR count). The number of hydrogen-bond acceptors (Lipinski definition) is 6. The van der Waals surface area contributed by atoms with Gasteiger partial charge in [0.25, 0.3) is 0 Å². The normalized spacial score (nSPS) is 11.5. The maximum atomic E-state index is 9.15. The molecule has 1 aromatic rings. The molecule has 0 radical (unpaired) electrons. The van der Waals surface area contributed by atoms with Crippen molar-refractivity contribution in [3.8, 4) is 5.88 Å². The van der Waals surface area contributed by atoms with E-state index >= 15 is 0 Å². The second-order valence-electron chi connectivity index (χ2n) is 3.78. The SMILES string of the molecule is COc1ncccc1CNC(CO)(CO)CO. The molecule has 0 bridgehead atoms. The second-order valence-corrected chi connectivity index (χ2v) is 3.78. The Morgan fingerprint density at radius 3 is 2.47 bits per heavy atom. The summed E-state index contributed by atoms with van der Waals surface area (Å²) in [6, 6.07) is 3.58. The van der Waals surface area contributed by atoms with Crippen molar-refractivity contribution < 1.29 is 20.1 Å². The highest BCUT2D eigenvalue weighted by Crippen LogP contribution is 2.14. The largest absolute Gasteiger partial charge is 0.481 e. The lowest BCUT2D eigenvalue weighted by molar-refractivity contribution is 0.0412. The molecule has 0 amide bonds. The van der Waals surface area contributed by atoms with Gasteiger partial charge in [-0.1, -0.05) is 6.07 Å². The lowest BCUT2D eigenvalue weighted by Crippen LogP contribution is -2.54. The average Bonchev–Trinajstić information content (AvgIpc) is 2.41. The number of pyridine rings is 1. The number of nitrogens with zero attached hydrogens (tertiary/aromatic N) is 1. The van der Waals surface area contributed by atoms with Crippen LogP contribution in [0.15, 0.2) is 18.3 Å². The molecule has 6 nitrogen and oxygen atoms in total. The van der Waals surface area contributed by atoms with Gasteiger partial charge in [0.05, 0.1) is 32.5 Å². The minimum absolute atomic E-state index is 0.332. The Labute approximate surface area is 99.9 Å². The van der Waals surface area contributed by atoms with Crippen LogP contribution in [0.5, 0.6) is 5.88 Å². The third-order valence-corrected chi connectivity index (χ3v) is 2.61. The first kappa shape index (κ1) is 13.9. The van der Waals surface area contributed by atoms with E-state index in [0.717, 1.165) is 5.56 Å². The third-order valence-electron chi connectivity index (χ3n) is 2.61. The molecule has 17 heavy (non-hydrogen) atoms. The van der Waals surface area contributed by atoms with Crippen molar-refractivity contribution in [3.63, 3.8) is 0 Å². The Balaban J connectivity index is 2.71. The van der Waals surface area contributed by atoms with Crippen molar-refractivity contribution in [2.24, 2.45) is 0 Å². The van der Waals surface area contributed by atoms with E-state index in [1.54, 1.807) is 12.3 Å². The predicted molar refractivity (Wildman–Crippen MR) is 61.6 cm³/mol. The van der Waals surface area contributed by atoms with Crippen molar-refractivity contribution >= 4 is 0 Å². The van der Waals surface area contributed by atoms with Gasteiger partial charge in [-0.05, 0) is 6.07 Å². The van der Waals surface area contributed by atoms with Crippen LogP contribution in [0.25, 0.3) is 0 Å². The molecule has 0 saturated carbocycles. The molecular weight excluding hydrogens is 224 g/mol. The summed E-state index contributed by atoms with van der Waals surface area (Å²) in [5, 5.41) is 30.4. The first-order valence-electron chi connectivity index (χ1n) is 5.27. The molecule has 6 heteroatoms. The minimum Gasteiger partial charge on any atom is -0.481 e. The second kappa shape index (κ2) is 6.51.